The zero-order valence-electron chi connectivity index (χ0n) is 11.6. The molecule has 0 aromatic carbocycles. The Balaban J connectivity index is 1.50. The van der Waals surface area contributed by atoms with Crippen molar-refractivity contribution < 1.29 is 14.6 Å². The van der Waals surface area contributed by atoms with Crippen LogP contribution in [-0.4, -0.2) is 35.9 Å². The monoisotopic (exact) mass is 267 g/mol. The summed E-state index contributed by atoms with van der Waals surface area (Å²) in [6, 6.07) is 0.409. The molecule has 0 amide bonds. The molecule has 3 aliphatic rings. The number of ether oxygens (including phenoxy) is 1. The van der Waals surface area contributed by atoms with Crippen LogP contribution in [0.2, 0.25) is 0 Å². The van der Waals surface area contributed by atoms with Crippen molar-refractivity contribution in [3.63, 3.8) is 0 Å². The highest BCUT2D eigenvalue weighted by atomic mass is 16.5. The summed E-state index contributed by atoms with van der Waals surface area (Å²) in [4.78, 5) is 11.7. The average Bonchev–Trinajstić information content (AvgIpc) is 3.16. The van der Waals surface area contributed by atoms with Crippen LogP contribution < -0.4 is 5.32 Å². The lowest BCUT2D eigenvalue weighted by atomic mass is 9.83. The predicted octanol–water partition coefficient (Wildman–Crippen LogP) is 2.18. The van der Waals surface area contributed by atoms with Gasteiger partial charge in [-0.3, -0.25) is 10.1 Å². The maximum atomic E-state index is 11.7. The van der Waals surface area contributed by atoms with E-state index in [-0.39, 0.29) is 5.92 Å². The quantitative estimate of drug-likeness (QED) is 0.629. The third-order valence-electron chi connectivity index (χ3n) is 4.92. The molecule has 0 aromatic heterocycles. The fourth-order valence-electron chi connectivity index (χ4n) is 3.01. The molecule has 108 valence electrons. The molecule has 3 fully saturated rings. The van der Waals surface area contributed by atoms with E-state index in [1.807, 2.05) is 0 Å². The van der Waals surface area contributed by atoms with Crippen LogP contribution in [0.3, 0.4) is 0 Å². The Bertz CT molecular complexity index is 334. The first-order chi connectivity index (χ1) is 9.21. The minimum absolute atomic E-state index is 0.273. The minimum atomic E-state index is -0.805. The molecular weight excluding hydrogens is 242 g/mol. The highest BCUT2D eigenvalue weighted by molar-refractivity contribution is 5.80. The van der Waals surface area contributed by atoms with Crippen LogP contribution in [-0.2, 0) is 9.53 Å². The number of aliphatic carboxylic acids is 1. The van der Waals surface area contributed by atoms with Gasteiger partial charge in [-0.2, -0.15) is 0 Å². The van der Waals surface area contributed by atoms with Gasteiger partial charge in [-0.05, 0) is 43.9 Å². The Hall–Kier alpha value is -0.610. The second-order valence-corrected chi connectivity index (χ2v) is 6.61. The van der Waals surface area contributed by atoms with Crippen LogP contribution in [0.1, 0.15) is 51.4 Å². The third kappa shape index (κ3) is 3.11. The van der Waals surface area contributed by atoms with Crippen LogP contribution in [0.25, 0.3) is 0 Å². The lowest BCUT2D eigenvalue weighted by molar-refractivity contribution is -0.149. The largest absolute Gasteiger partial charge is 0.480 e. The summed E-state index contributed by atoms with van der Waals surface area (Å²) in [6.45, 7) is 1.06. The summed E-state index contributed by atoms with van der Waals surface area (Å²) in [6.07, 6.45) is 9.40. The molecule has 4 nitrogen and oxygen atoms in total. The number of hydrogen-bond donors (Lipinski definition) is 2. The molecule has 2 N–H and O–H groups in total. The molecule has 0 aliphatic heterocycles. The van der Waals surface area contributed by atoms with E-state index in [0.29, 0.717) is 12.6 Å². The Labute approximate surface area is 114 Å². The first kappa shape index (κ1) is 13.4. The highest BCUT2D eigenvalue weighted by Gasteiger charge is 2.53. The van der Waals surface area contributed by atoms with Crippen molar-refractivity contribution in [2.75, 3.05) is 13.2 Å². The van der Waals surface area contributed by atoms with Gasteiger partial charge >= 0.3 is 5.97 Å². The number of carbonyl (C=O) groups is 1. The SMILES string of the molecule is O=C(O)C(COCCC1CCC1)(NC1CC1)C1CC1. The summed E-state index contributed by atoms with van der Waals surface area (Å²) in [5, 5.41) is 13.0. The molecule has 0 bridgehead atoms. The predicted molar refractivity (Wildman–Crippen MR) is 72.0 cm³/mol. The smallest absolute Gasteiger partial charge is 0.326 e. The van der Waals surface area contributed by atoms with E-state index in [4.69, 9.17) is 4.74 Å². The van der Waals surface area contributed by atoms with Gasteiger partial charge in [0.05, 0.1) is 6.61 Å². The van der Waals surface area contributed by atoms with Gasteiger partial charge in [-0.25, -0.2) is 0 Å². The van der Waals surface area contributed by atoms with E-state index in [9.17, 15) is 9.90 Å². The van der Waals surface area contributed by atoms with Gasteiger partial charge in [0, 0.05) is 12.6 Å². The molecule has 1 atom stereocenters. The van der Waals surface area contributed by atoms with Crippen molar-refractivity contribution in [1.82, 2.24) is 5.32 Å². The molecule has 3 saturated carbocycles. The summed E-state index contributed by atoms with van der Waals surface area (Å²) < 4.78 is 5.75. The van der Waals surface area contributed by atoms with Crippen molar-refractivity contribution in [2.24, 2.45) is 11.8 Å². The molecule has 19 heavy (non-hydrogen) atoms. The molecule has 0 radical (unpaired) electrons. The van der Waals surface area contributed by atoms with Crippen LogP contribution in [0.5, 0.6) is 0 Å². The molecule has 1 unspecified atom stereocenters. The topological polar surface area (TPSA) is 58.6 Å². The summed E-state index contributed by atoms with van der Waals surface area (Å²) in [7, 11) is 0. The maximum absolute atomic E-state index is 11.7. The van der Waals surface area contributed by atoms with Crippen molar-refractivity contribution in [1.29, 1.82) is 0 Å². The Morgan fingerprint density at radius 2 is 1.95 bits per heavy atom. The second-order valence-electron chi connectivity index (χ2n) is 6.61. The number of carboxylic acids is 1. The number of carboxylic acid groups (broad SMARTS) is 1. The standard InChI is InChI=1S/C15H25NO3/c17-14(18)15(12-4-5-12,16-13-6-7-13)10-19-9-8-11-2-1-3-11/h11-13,16H,1-10H2,(H,17,18). The van der Waals surface area contributed by atoms with Crippen molar-refractivity contribution in [3.8, 4) is 0 Å². The Kier molecular flexibility index (Phi) is 3.81. The van der Waals surface area contributed by atoms with E-state index >= 15 is 0 Å². The van der Waals surface area contributed by atoms with Crippen LogP contribution in [0.15, 0.2) is 0 Å². The molecule has 0 spiro atoms. The van der Waals surface area contributed by atoms with Gasteiger partial charge < -0.3 is 9.84 Å². The Morgan fingerprint density at radius 3 is 2.42 bits per heavy atom. The van der Waals surface area contributed by atoms with Crippen molar-refractivity contribution >= 4 is 5.97 Å². The van der Waals surface area contributed by atoms with Crippen molar-refractivity contribution in [3.05, 3.63) is 0 Å². The number of hydrogen-bond acceptors (Lipinski definition) is 3. The third-order valence-corrected chi connectivity index (χ3v) is 4.92. The van der Waals surface area contributed by atoms with Crippen LogP contribution in [0.4, 0.5) is 0 Å². The van der Waals surface area contributed by atoms with Crippen LogP contribution in [0, 0.1) is 11.8 Å². The van der Waals surface area contributed by atoms with E-state index in [1.165, 1.54) is 19.3 Å². The molecule has 0 aromatic rings. The van der Waals surface area contributed by atoms with Crippen LogP contribution >= 0.6 is 0 Å². The molecular formula is C15H25NO3. The van der Waals surface area contributed by atoms with Gasteiger partial charge in [0.25, 0.3) is 0 Å². The summed E-state index contributed by atoms with van der Waals surface area (Å²) in [5.41, 5.74) is -0.805. The molecule has 0 heterocycles. The zero-order chi connectivity index (χ0) is 13.3. The molecule has 4 heteroatoms. The lowest BCUT2D eigenvalue weighted by Crippen LogP contribution is -2.58. The Morgan fingerprint density at radius 1 is 1.21 bits per heavy atom. The van der Waals surface area contributed by atoms with E-state index in [1.54, 1.807) is 0 Å². The van der Waals surface area contributed by atoms with Gasteiger partial charge in [0.15, 0.2) is 0 Å². The van der Waals surface area contributed by atoms with Gasteiger partial charge in [0.1, 0.15) is 5.54 Å². The molecule has 3 aliphatic carbocycles. The number of rotatable bonds is 9. The first-order valence-electron chi connectivity index (χ1n) is 7.79. The fourth-order valence-corrected chi connectivity index (χ4v) is 3.01. The van der Waals surface area contributed by atoms with E-state index in [2.05, 4.69) is 5.32 Å². The minimum Gasteiger partial charge on any atom is -0.480 e. The maximum Gasteiger partial charge on any atom is 0.326 e. The lowest BCUT2D eigenvalue weighted by Gasteiger charge is -2.31. The fraction of sp³-hybridized carbons (Fsp3) is 0.933. The average molecular weight is 267 g/mol. The second kappa shape index (κ2) is 5.41. The summed E-state index contributed by atoms with van der Waals surface area (Å²) >= 11 is 0. The van der Waals surface area contributed by atoms with E-state index < -0.39 is 11.5 Å². The highest BCUT2D eigenvalue weighted by Crippen LogP contribution is 2.42. The first-order valence-corrected chi connectivity index (χ1v) is 7.79. The van der Waals surface area contributed by atoms with Gasteiger partial charge in [-0.15, -0.1) is 0 Å². The van der Waals surface area contributed by atoms with Gasteiger partial charge in [-0.1, -0.05) is 19.3 Å². The normalized spacial score (nSPS) is 26.7. The molecule has 3 rings (SSSR count). The molecule has 0 saturated heterocycles. The number of nitrogens with one attached hydrogen (secondary N) is 1. The van der Waals surface area contributed by atoms with Gasteiger partial charge in [0.2, 0.25) is 0 Å². The van der Waals surface area contributed by atoms with Crippen molar-refractivity contribution in [2.45, 2.75) is 62.9 Å². The van der Waals surface area contributed by atoms with E-state index in [0.717, 1.165) is 44.6 Å². The zero-order valence-corrected chi connectivity index (χ0v) is 11.6. The summed E-state index contributed by atoms with van der Waals surface area (Å²) in [5.74, 6) is 0.386.